The summed E-state index contributed by atoms with van der Waals surface area (Å²) < 4.78 is 19.5. The maximum absolute atomic E-state index is 13.8. The molecular weight excluding hydrogens is 229 g/mol. The smallest absolute Gasteiger partial charge is 0.133 e. The summed E-state index contributed by atoms with van der Waals surface area (Å²) in [4.78, 5) is 0. The van der Waals surface area contributed by atoms with Gasteiger partial charge in [0.15, 0.2) is 0 Å². The summed E-state index contributed by atoms with van der Waals surface area (Å²) in [5.41, 5.74) is 6.06. The number of rotatable bonds is 5. The van der Waals surface area contributed by atoms with E-state index in [9.17, 15) is 4.39 Å². The third-order valence-electron chi connectivity index (χ3n) is 2.68. The Kier molecular flexibility index (Phi) is 4.31. The van der Waals surface area contributed by atoms with Gasteiger partial charge >= 0.3 is 0 Å². The Labute approximate surface area is 106 Å². The Hall–Kier alpha value is -1.87. The van der Waals surface area contributed by atoms with Crippen molar-refractivity contribution in [3.63, 3.8) is 0 Å². The quantitative estimate of drug-likeness (QED) is 0.874. The molecule has 0 radical (unpaired) electrons. The van der Waals surface area contributed by atoms with Crippen LogP contribution < -0.4 is 10.5 Å². The lowest BCUT2D eigenvalue weighted by Gasteiger charge is -2.11. The van der Waals surface area contributed by atoms with Crippen LogP contribution in [0, 0.1) is 5.82 Å². The topological polar surface area (TPSA) is 35.2 Å². The third kappa shape index (κ3) is 3.08. The zero-order valence-electron chi connectivity index (χ0n) is 10.1. The zero-order valence-corrected chi connectivity index (χ0v) is 10.1. The molecule has 0 spiro atoms. The number of ether oxygens (including phenoxy) is 1. The first-order valence-corrected chi connectivity index (χ1v) is 6.01. The number of halogens is 1. The summed E-state index contributed by atoms with van der Waals surface area (Å²) in [5.74, 6) is 1.03. The molecule has 0 bridgehead atoms. The number of para-hydroxylation sites is 1. The monoisotopic (exact) mass is 245 g/mol. The van der Waals surface area contributed by atoms with E-state index in [4.69, 9.17) is 10.5 Å². The summed E-state index contributed by atoms with van der Waals surface area (Å²) in [6, 6.07) is 14.2. The molecule has 0 fully saturated rings. The van der Waals surface area contributed by atoms with E-state index >= 15 is 0 Å². The van der Waals surface area contributed by atoms with Gasteiger partial charge in [-0.1, -0.05) is 24.3 Å². The minimum atomic E-state index is -0.239. The number of hydrogen-bond acceptors (Lipinski definition) is 2. The van der Waals surface area contributed by atoms with Gasteiger partial charge in [0, 0.05) is 5.56 Å². The second-order valence-electron chi connectivity index (χ2n) is 4.02. The molecule has 0 saturated heterocycles. The minimum Gasteiger partial charge on any atom is -0.457 e. The van der Waals surface area contributed by atoms with Gasteiger partial charge in [0.1, 0.15) is 17.3 Å². The van der Waals surface area contributed by atoms with E-state index in [1.807, 2.05) is 30.3 Å². The van der Waals surface area contributed by atoms with Crippen LogP contribution in [-0.4, -0.2) is 6.54 Å². The molecule has 0 unspecified atom stereocenters. The number of benzene rings is 2. The second-order valence-corrected chi connectivity index (χ2v) is 4.02. The lowest BCUT2D eigenvalue weighted by molar-refractivity contribution is 0.466. The highest BCUT2D eigenvalue weighted by atomic mass is 19.1. The molecule has 0 heterocycles. The van der Waals surface area contributed by atoms with Gasteiger partial charge in [0.05, 0.1) is 0 Å². The standard InChI is InChI=1S/C15H16FNO/c16-14-9-4-10-15(13(14)8-5-11-17)18-12-6-2-1-3-7-12/h1-4,6-7,9-10H,5,8,11,17H2. The first-order chi connectivity index (χ1) is 8.81. The van der Waals surface area contributed by atoms with E-state index < -0.39 is 0 Å². The molecule has 0 aliphatic rings. The van der Waals surface area contributed by atoms with Crippen LogP contribution in [0.3, 0.4) is 0 Å². The molecule has 18 heavy (non-hydrogen) atoms. The first kappa shape index (κ1) is 12.6. The fourth-order valence-corrected chi connectivity index (χ4v) is 1.77. The Morgan fingerprint density at radius 2 is 1.78 bits per heavy atom. The van der Waals surface area contributed by atoms with Crippen LogP contribution in [0.5, 0.6) is 11.5 Å². The highest BCUT2D eigenvalue weighted by Gasteiger charge is 2.09. The molecule has 0 aromatic heterocycles. The van der Waals surface area contributed by atoms with Gasteiger partial charge in [-0.3, -0.25) is 0 Å². The Morgan fingerprint density at radius 3 is 2.50 bits per heavy atom. The van der Waals surface area contributed by atoms with Crippen LogP contribution >= 0.6 is 0 Å². The van der Waals surface area contributed by atoms with Gasteiger partial charge in [-0.15, -0.1) is 0 Å². The first-order valence-electron chi connectivity index (χ1n) is 6.01. The second kappa shape index (κ2) is 6.17. The average molecular weight is 245 g/mol. The van der Waals surface area contributed by atoms with Crippen LogP contribution in [0.4, 0.5) is 4.39 Å². The molecule has 3 heteroatoms. The van der Waals surface area contributed by atoms with E-state index in [0.29, 0.717) is 30.0 Å². The SMILES string of the molecule is NCCCc1c(F)cccc1Oc1ccccc1. The van der Waals surface area contributed by atoms with Crippen molar-refractivity contribution in [1.82, 2.24) is 0 Å². The van der Waals surface area contributed by atoms with Crippen LogP contribution in [0.25, 0.3) is 0 Å². The summed E-state index contributed by atoms with van der Waals surface area (Å²) in [6.07, 6.45) is 1.33. The highest BCUT2D eigenvalue weighted by molar-refractivity contribution is 5.38. The molecule has 0 aliphatic heterocycles. The van der Waals surface area contributed by atoms with E-state index in [2.05, 4.69) is 0 Å². The van der Waals surface area contributed by atoms with Crippen molar-refractivity contribution in [2.45, 2.75) is 12.8 Å². The van der Waals surface area contributed by atoms with E-state index in [1.54, 1.807) is 12.1 Å². The summed E-state index contributed by atoms with van der Waals surface area (Å²) in [6.45, 7) is 0.541. The molecule has 2 aromatic rings. The van der Waals surface area contributed by atoms with Crippen molar-refractivity contribution >= 4 is 0 Å². The average Bonchev–Trinajstić information content (AvgIpc) is 2.39. The lowest BCUT2D eigenvalue weighted by Crippen LogP contribution is -2.03. The van der Waals surface area contributed by atoms with Gasteiger partial charge in [0.2, 0.25) is 0 Å². The molecular formula is C15H16FNO. The molecule has 0 amide bonds. The van der Waals surface area contributed by atoms with Crippen LogP contribution in [0.15, 0.2) is 48.5 Å². The minimum absolute atomic E-state index is 0.239. The lowest BCUT2D eigenvalue weighted by atomic mass is 10.1. The maximum atomic E-state index is 13.8. The van der Waals surface area contributed by atoms with Gasteiger partial charge < -0.3 is 10.5 Å². The Bertz CT molecular complexity index is 499. The predicted molar refractivity (Wildman–Crippen MR) is 70.3 cm³/mol. The van der Waals surface area contributed by atoms with Crippen molar-refractivity contribution < 1.29 is 9.13 Å². The highest BCUT2D eigenvalue weighted by Crippen LogP contribution is 2.27. The molecule has 2 N–H and O–H groups in total. The zero-order chi connectivity index (χ0) is 12.8. The fraction of sp³-hybridized carbons (Fsp3) is 0.200. The predicted octanol–water partition coefficient (Wildman–Crippen LogP) is 3.51. The maximum Gasteiger partial charge on any atom is 0.133 e. The molecule has 2 nitrogen and oxygen atoms in total. The third-order valence-corrected chi connectivity index (χ3v) is 2.68. The van der Waals surface area contributed by atoms with Crippen molar-refractivity contribution in [2.24, 2.45) is 5.73 Å². The molecule has 0 atom stereocenters. The van der Waals surface area contributed by atoms with Crippen LogP contribution in [0.2, 0.25) is 0 Å². The largest absolute Gasteiger partial charge is 0.457 e. The van der Waals surface area contributed by atoms with Crippen molar-refractivity contribution in [1.29, 1.82) is 0 Å². The summed E-state index contributed by atoms with van der Waals surface area (Å²) in [5, 5.41) is 0. The molecule has 0 aliphatic carbocycles. The summed E-state index contributed by atoms with van der Waals surface area (Å²) >= 11 is 0. The van der Waals surface area contributed by atoms with Gasteiger partial charge in [-0.2, -0.15) is 0 Å². The molecule has 94 valence electrons. The van der Waals surface area contributed by atoms with Crippen LogP contribution in [0.1, 0.15) is 12.0 Å². The summed E-state index contributed by atoms with van der Waals surface area (Å²) in [7, 11) is 0. The Balaban J connectivity index is 2.24. The molecule has 2 rings (SSSR count). The van der Waals surface area contributed by atoms with Gasteiger partial charge in [0.25, 0.3) is 0 Å². The van der Waals surface area contributed by atoms with Crippen molar-refractivity contribution in [3.8, 4) is 11.5 Å². The van der Waals surface area contributed by atoms with Gasteiger partial charge in [-0.05, 0) is 43.7 Å². The molecule has 0 saturated carbocycles. The Morgan fingerprint density at radius 1 is 1.00 bits per heavy atom. The van der Waals surface area contributed by atoms with E-state index in [0.717, 1.165) is 6.42 Å². The van der Waals surface area contributed by atoms with E-state index in [-0.39, 0.29) is 5.82 Å². The molecule has 2 aromatic carbocycles. The normalized spacial score (nSPS) is 10.3. The number of hydrogen-bond donors (Lipinski definition) is 1. The van der Waals surface area contributed by atoms with Gasteiger partial charge in [-0.25, -0.2) is 4.39 Å². The van der Waals surface area contributed by atoms with E-state index in [1.165, 1.54) is 6.07 Å². The van der Waals surface area contributed by atoms with Crippen molar-refractivity contribution in [2.75, 3.05) is 6.54 Å². The fourth-order valence-electron chi connectivity index (χ4n) is 1.77. The van der Waals surface area contributed by atoms with Crippen molar-refractivity contribution in [3.05, 3.63) is 59.9 Å². The van der Waals surface area contributed by atoms with Crippen LogP contribution in [-0.2, 0) is 6.42 Å². The number of nitrogens with two attached hydrogens (primary N) is 1.